The van der Waals surface area contributed by atoms with Crippen molar-refractivity contribution in [1.82, 2.24) is 0 Å². The lowest BCUT2D eigenvalue weighted by molar-refractivity contribution is 0.598. The van der Waals surface area contributed by atoms with Crippen LogP contribution in [0, 0.1) is 13.8 Å². The highest BCUT2D eigenvalue weighted by Gasteiger charge is 2.16. The van der Waals surface area contributed by atoms with Gasteiger partial charge in [-0.1, -0.05) is 53.6 Å². The average Bonchev–Trinajstić information content (AvgIpc) is 2.62. The quantitative estimate of drug-likeness (QED) is 0.656. The van der Waals surface area contributed by atoms with Gasteiger partial charge >= 0.3 is 0 Å². The lowest BCUT2D eigenvalue weighted by atomic mass is 10.2. The second-order valence-corrected chi connectivity index (χ2v) is 9.30. The molecule has 0 aliphatic heterocycles. The summed E-state index contributed by atoms with van der Waals surface area (Å²) in [6, 6.07) is 24.2. The molecular weight excluding hydrogens is 350 g/mol. The Hall–Kier alpha value is -2.24. The van der Waals surface area contributed by atoms with Gasteiger partial charge < -0.3 is 0 Å². The van der Waals surface area contributed by atoms with E-state index < -0.39 is 20.7 Å². The van der Waals surface area contributed by atoms with Crippen LogP contribution in [0.1, 0.15) is 11.1 Å². The summed E-state index contributed by atoms with van der Waals surface area (Å²) in [6.45, 7) is 3.93. The van der Waals surface area contributed by atoms with Crippen LogP contribution >= 0.6 is 0 Å². The standard InChI is InChI=1S/C20H19NO2S2/c1-16-8-12-19(13-9-16)24(18-6-4-3-5-7-18)21-25(22,23)20-14-10-17(2)11-15-20/h3-15H,1-2H3. The average molecular weight is 370 g/mol. The normalized spacial score (nSPS) is 12.9. The third kappa shape index (κ3) is 4.24. The van der Waals surface area contributed by atoms with E-state index in [1.165, 1.54) is 0 Å². The van der Waals surface area contributed by atoms with Gasteiger partial charge in [-0.05, 0) is 60.9 Å². The molecule has 1 unspecified atom stereocenters. The molecule has 0 bridgehead atoms. The molecule has 0 heterocycles. The number of hydrogen-bond donors (Lipinski definition) is 0. The predicted octanol–water partition coefficient (Wildman–Crippen LogP) is 4.91. The van der Waals surface area contributed by atoms with Crippen LogP contribution in [-0.2, 0) is 20.7 Å². The highest BCUT2D eigenvalue weighted by molar-refractivity contribution is 8.00. The maximum Gasteiger partial charge on any atom is 0.288 e. The first-order valence-corrected chi connectivity index (χ1v) is 10.5. The molecule has 128 valence electrons. The van der Waals surface area contributed by atoms with Crippen molar-refractivity contribution < 1.29 is 8.42 Å². The molecule has 0 amide bonds. The molecule has 0 saturated carbocycles. The Morgan fingerprint density at radius 2 is 1.16 bits per heavy atom. The van der Waals surface area contributed by atoms with Gasteiger partial charge in [-0.2, -0.15) is 8.42 Å². The lowest BCUT2D eigenvalue weighted by Gasteiger charge is -2.10. The van der Waals surface area contributed by atoms with Crippen LogP contribution in [0.15, 0.2) is 97.3 Å². The number of aryl methyl sites for hydroxylation is 2. The van der Waals surface area contributed by atoms with Crippen LogP contribution in [0.25, 0.3) is 0 Å². The van der Waals surface area contributed by atoms with Crippen molar-refractivity contribution in [1.29, 1.82) is 0 Å². The molecule has 5 heteroatoms. The molecule has 3 aromatic rings. The molecule has 1 atom stereocenters. The second-order valence-electron chi connectivity index (χ2n) is 5.77. The molecule has 0 aliphatic carbocycles. The van der Waals surface area contributed by atoms with Crippen molar-refractivity contribution >= 4 is 20.7 Å². The minimum Gasteiger partial charge on any atom is -0.199 e. The fraction of sp³-hybridized carbons (Fsp3) is 0.100. The lowest BCUT2D eigenvalue weighted by Crippen LogP contribution is -2.02. The van der Waals surface area contributed by atoms with E-state index in [1.54, 1.807) is 24.3 Å². The van der Waals surface area contributed by atoms with Crippen molar-refractivity contribution in [3.05, 3.63) is 90.0 Å². The maximum atomic E-state index is 12.8. The molecule has 0 fully saturated rings. The smallest absolute Gasteiger partial charge is 0.199 e. The van der Waals surface area contributed by atoms with Gasteiger partial charge in [-0.3, -0.25) is 0 Å². The van der Waals surface area contributed by atoms with Gasteiger partial charge in [0.1, 0.15) is 0 Å². The SMILES string of the molecule is Cc1ccc(/S(=N\S(=O)(=O)c2ccc(C)cc2)c2ccccc2)cc1. The van der Waals surface area contributed by atoms with Gasteiger partial charge in [0.05, 0.1) is 4.90 Å². The van der Waals surface area contributed by atoms with Gasteiger partial charge in [-0.25, -0.2) is 0 Å². The molecular formula is C20H19NO2S2. The molecule has 0 spiro atoms. The topological polar surface area (TPSA) is 46.5 Å². The Balaban J connectivity index is 2.15. The van der Waals surface area contributed by atoms with Crippen LogP contribution in [-0.4, -0.2) is 8.42 Å². The minimum atomic E-state index is -3.75. The van der Waals surface area contributed by atoms with Gasteiger partial charge in [0.15, 0.2) is 0 Å². The zero-order valence-corrected chi connectivity index (χ0v) is 15.7. The largest absolute Gasteiger partial charge is 0.288 e. The first-order valence-electron chi connectivity index (χ1n) is 7.86. The van der Waals surface area contributed by atoms with Crippen molar-refractivity contribution in [3.8, 4) is 0 Å². The molecule has 0 radical (unpaired) electrons. The van der Waals surface area contributed by atoms with Gasteiger partial charge in [-0.15, -0.1) is 3.77 Å². The van der Waals surface area contributed by atoms with Crippen molar-refractivity contribution in [2.45, 2.75) is 28.5 Å². The third-order valence-corrected chi connectivity index (χ3v) is 7.39. The Labute approximate surface area is 151 Å². The highest BCUT2D eigenvalue weighted by Crippen LogP contribution is 2.23. The minimum absolute atomic E-state index is 0.221. The van der Waals surface area contributed by atoms with Crippen molar-refractivity contribution in [2.24, 2.45) is 3.77 Å². The number of sulfonamides is 1. The summed E-state index contributed by atoms with van der Waals surface area (Å²) in [5.41, 5.74) is 2.14. The van der Waals surface area contributed by atoms with Crippen LogP contribution in [0.3, 0.4) is 0 Å². The fourth-order valence-electron chi connectivity index (χ4n) is 2.29. The molecule has 3 rings (SSSR count). The monoisotopic (exact) mass is 369 g/mol. The summed E-state index contributed by atoms with van der Waals surface area (Å²) in [6.07, 6.45) is 0. The first kappa shape index (κ1) is 17.6. The summed E-state index contributed by atoms with van der Waals surface area (Å²) < 4.78 is 29.9. The summed E-state index contributed by atoms with van der Waals surface area (Å²) in [5, 5.41) is 0. The maximum absolute atomic E-state index is 12.8. The van der Waals surface area contributed by atoms with Crippen LogP contribution in [0.2, 0.25) is 0 Å². The zero-order chi connectivity index (χ0) is 17.9. The number of nitrogens with zero attached hydrogens (tertiary/aromatic N) is 1. The Morgan fingerprint density at radius 1 is 0.680 bits per heavy atom. The predicted molar refractivity (Wildman–Crippen MR) is 102 cm³/mol. The van der Waals surface area contributed by atoms with E-state index in [4.69, 9.17) is 0 Å². The first-order chi connectivity index (χ1) is 12.0. The molecule has 0 aliphatic rings. The number of benzene rings is 3. The zero-order valence-electron chi connectivity index (χ0n) is 14.1. The third-order valence-electron chi connectivity index (χ3n) is 3.70. The van der Waals surface area contributed by atoms with Crippen LogP contribution in [0.4, 0.5) is 0 Å². The molecule has 3 aromatic carbocycles. The van der Waals surface area contributed by atoms with E-state index >= 15 is 0 Å². The Kier molecular flexibility index (Phi) is 5.16. The highest BCUT2D eigenvalue weighted by atomic mass is 32.3. The molecule has 3 nitrogen and oxygen atoms in total. The van der Waals surface area contributed by atoms with Crippen molar-refractivity contribution in [2.75, 3.05) is 0 Å². The van der Waals surface area contributed by atoms with E-state index in [-0.39, 0.29) is 4.90 Å². The van der Waals surface area contributed by atoms with Gasteiger partial charge in [0.2, 0.25) is 0 Å². The summed E-state index contributed by atoms with van der Waals surface area (Å²) in [7, 11) is -4.64. The summed E-state index contributed by atoms with van der Waals surface area (Å²) in [5.74, 6) is 0. The number of rotatable bonds is 4. The van der Waals surface area contributed by atoms with E-state index in [9.17, 15) is 8.42 Å². The van der Waals surface area contributed by atoms with E-state index in [0.29, 0.717) is 0 Å². The summed E-state index contributed by atoms with van der Waals surface area (Å²) in [4.78, 5) is 1.98. The fourth-order valence-corrected chi connectivity index (χ4v) is 5.67. The second kappa shape index (κ2) is 7.33. The van der Waals surface area contributed by atoms with Gasteiger partial charge in [0, 0.05) is 9.79 Å². The van der Waals surface area contributed by atoms with E-state index in [0.717, 1.165) is 20.9 Å². The molecule has 0 saturated heterocycles. The summed E-state index contributed by atoms with van der Waals surface area (Å²) >= 11 is 0. The molecule has 0 aromatic heterocycles. The van der Waals surface area contributed by atoms with E-state index in [2.05, 4.69) is 3.77 Å². The van der Waals surface area contributed by atoms with Crippen molar-refractivity contribution in [3.63, 3.8) is 0 Å². The molecule has 25 heavy (non-hydrogen) atoms. The Morgan fingerprint density at radius 3 is 1.72 bits per heavy atom. The van der Waals surface area contributed by atoms with Gasteiger partial charge in [0.25, 0.3) is 10.0 Å². The van der Waals surface area contributed by atoms with Crippen LogP contribution in [0.5, 0.6) is 0 Å². The molecule has 0 N–H and O–H groups in total. The number of hydrogen-bond acceptors (Lipinski definition) is 2. The van der Waals surface area contributed by atoms with E-state index in [1.807, 2.05) is 68.4 Å². The Bertz CT molecular complexity index is 992. The van der Waals surface area contributed by atoms with Crippen LogP contribution < -0.4 is 0 Å².